The molecular formula is C14H22N2. The van der Waals surface area contributed by atoms with E-state index in [0.29, 0.717) is 0 Å². The Hall–Kier alpha value is -1.02. The van der Waals surface area contributed by atoms with Gasteiger partial charge in [0.25, 0.3) is 0 Å². The Morgan fingerprint density at radius 3 is 2.50 bits per heavy atom. The second-order valence-corrected chi connectivity index (χ2v) is 5.05. The highest BCUT2D eigenvalue weighted by Crippen LogP contribution is 2.26. The number of nitrogen functional groups attached to an aromatic ring is 1. The molecule has 0 unspecified atom stereocenters. The lowest BCUT2D eigenvalue weighted by molar-refractivity contribution is 0.207. The molecular weight excluding hydrogens is 196 g/mol. The van der Waals surface area contributed by atoms with Gasteiger partial charge in [0.05, 0.1) is 0 Å². The average molecular weight is 218 g/mol. The Morgan fingerprint density at radius 1 is 1.25 bits per heavy atom. The largest absolute Gasteiger partial charge is 0.399 e. The van der Waals surface area contributed by atoms with Crippen LogP contribution in [0.4, 0.5) is 5.69 Å². The number of nitrogens with zero attached hydrogens (tertiary/aromatic N) is 1. The van der Waals surface area contributed by atoms with E-state index in [4.69, 9.17) is 5.73 Å². The van der Waals surface area contributed by atoms with Gasteiger partial charge in [0.2, 0.25) is 0 Å². The maximum absolute atomic E-state index is 5.66. The van der Waals surface area contributed by atoms with E-state index in [2.05, 4.69) is 24.1 Å². The van der Waals surface area contributed by atoms with Crippen LogP contribution in [-0.4, -0.2) is 25.0 Å². The summed E-state index contributed by atoms with van der Waals surface area (Å²) in [5.41, 5.74) is 7.90. The Kier molecular flexibility index (Phi) is 3.83. The zero-order chi connectivity index (χ0) is 11.4. The molecule has 0 saturated heterocycles. The molecule has 2 nitrogen and oxygen atoms in total. The van der Waals surface area contributed by atoms with Gasteiger partial charge in [0, 0.05) is 18.8 Å². The molecule has 0 aliphatic heterocycles. The highest BCUT2D eigenvalue weighted by Gasteiger charge is 2.18. The molecule has 1 aromatic rings. The fourth-order valence-electron chi connectivity index (χ4n) is 2.21. The summed E-state index contributed by atoms with van der Waals surface area (Å²) in [7, 11) is 2.23. The lowest BCUT2D eigenvalue weighted by Gasteiger charge is -2.30. The summed E-state index contributed by atoms with van der Waals surface area (Å²) in [6, 6.07) is 8.24. The molecule has 0 bridgehead atoms. The van der Waals surface area contributed by atoms with Crippen molar-refractivity contribution in [3.63, 3.8) is 0 Å². The van der Waals surface area contributed by atoms with Gasteiger partial charge in [0.15, 0.2) is 0 Å². The zero-order valence-corrected chi connectivity index (χ0v) is 10.2. The summed E-state index contributed by atoms with van der Waals surface area (Å²) in [5.74, 6) is 0.969. The van der Waals surface area contributed by atoms with E-state index in [0.717, 1.165) is 24.6 Å². The van der Waals surface area contributed by atoms with E-state index >= 15 is 0 Å². The number of likely N-dealkylation sites (N-methyl/N-ethyl adjacent to an activating group) is 1. The summed E-state index contributed by atoms with van der Waals surface area (Å²) in [5, 5.41) is 0. The molecule has 0 spiro atoms. The predicted octanol–water partition coefficient (Wildman–Crippen LogP) is 2.54. The molecule has 2 heteroatoms. The minimum atomic E-state index is 0.853. The Morgan fingerprint density at radius 2 is 1.94 bits per heavy atom. The molecule has 2 rings (SSSR count). The molecule has 2 N–H and O–H groups in total. The fraction of sp³-hybridized carbons (Fsp3) is 0.571. The number of hydrogen-bond donors (Lipinski definition) is 1. The van der Waals surface area contributed by atoms with Crippen molar-refractivity contribution in [2.24, 2.45) is 5.92 Å². The third-order valence-electron chi connectivity index (χ3n) is 3.56. The zero-order valence-electron chi connectivity index (χ0n) is 10.2. The van der Waals surface area contributed by atoms with Crippen LogP contribution in [0.25, 0.3) is 0 Å². The minimum absolute atomic E-state index is 0.853. The van der Waals surface area contributed by atoms with Crippen molar-refractivity contribution < 1.29 is 0 Å². The van der Waals surface area contributed by atoms with Gasteiger partial charge in [-0.15, -0.1) is 0 Å². The number of benzene rings is 1. The standard InChI is InChI=1S/C14H22N2/c1-16(11-13-3-2-4-13)10-9-12-5-7-14(15)8-6-12/h5-8,13H,2-4,9-11,15H2,1H3. The molecule has 0 amide bonds. The van der Waals surface area contributed by atoms with Crippen molar-refractivity contribution in [1.82, 2.24) is 4.90 Å². The summed E-state index contributed by atoms with van der Waals surface area (Å²) < 4.78 is 0. The third-order valence-corrected chi connectivity index (χ3v) is 3.56. The molecule has 1 fully saturated rings. The van der Waals surface area contributed by atoms with Crippen molar-refractivity contribution in [2.45, 2.75) is 25.7 Å². The highest BCUT2D eigenvalue weighted by atomic mass is 15.1. The Labute approximate surface area is 98.4 Å². The van der Waals surface area contributed by atoms with E-state index in [1.807, 2.05) is 12.1 Å². The van der Waals surface area contributed by atoms with Gasteiger partial charge >= 0.3 is 0 Å². The highest BCUT2D eigenvalue weighted by molar-refractivity contribution is 5.39. The monoisotopic (exact) mass is 218 g/mol. The maximum atomic E-state index is 5.66. The predicted molar refractivity (Wildman–Crippen MR) is 69.4 cm³/mol. The van der Waals surface area contributed by atoms with Crippen LogP contribution in [0, 0.1) is 5.92 Å². The summed E-state index contributed by atoms with van der Waals surface area (Å²) in [6.45, 7) is 2.43. The molecule has 0 aromatic heterocycles. The molecule has 1 aliphatic rings. The van der Waals surface area contributed by atoms with Crippen LogP contribution in [0.5, 0.6) is 0 Å². The SMILES string of the molecule is CN(CCc1ccc(N)cc1)CC1CCC1. The summed E-state index contributed by atoms with van der Waals surface area (Å²) >= 11 is 0. The van der Waals surface area contributed by atoms with Crippen molar-refractivity contribution in [1.29, 1.82) is 0 Å². The number of hydrogen-bond acceptors (Lipinski definition) is 2. The number of rotatable bonds is 5. The number of anilines is 1. The van der Waals surface area contributed by atoms with Crippen molar-refractivity contribution >= 4 is 5.69 Å². The van der Waals surface area contributed by atoms with Crippen LogP contribution in [-0.2, 0) is 6.42 Å². The molecule has 88 valence electrons. The molecule has 0 heterocycles. The van der Waals surface area contributed by atoms with Gasteiger partial charge in [-0.3, -0.25) is 0 Å². The third kappa shape index (κ3) is 3.24. The van der Waals surface area contributed by atoms with Crippen LogP contribution in [0.1, 0.15) is 24.8 Å². The van der Waals surface area contributed by atoms with Crippen LogP contribution in [0.15, 0.2) is 24.3 Å². The topological polar surface area (TPSA) is 29.3 Å². The van der Waals surface area contributed by atoms with Crippen molar-refractivity contribution in [2.75, 3.05) is 25.9 Å². The lowest BCUT2D eigenvalue weighted by Crippen LogP contribution is -2.30. The average Bonchev–Trinajstić information content (AvgIpc) is 2.23. The van der Waals surface area contributed by atoms with Crippen LogP contribution < -0.4 is 5.73 Å². The second kappa shape index (κ2) is 5.35. The minimum Gasteiger partial charge on any atom is -0.399 e. The maximum Gasteiger partial charge on any atom is 0.0314 e. The van der Waals surface area contributed by atoms with Crippen molar-refractivity contribution in [3.8, 4) is 0 Å². The van der Waals surface area contributed by atoms with Gasteiger partial charge in [0.1, 0.15) is 0 Å². The van der Waals surface area contributed by atoms with Crippen LogP contribution >= 0.6 is 0 Å². The van der Waals surface area contributed by atoms with E-state index in [-0.39, 0.29) is 0 Å². The Bertz CT molecular complexity index is 314. The summed E-state index contributed by atoms with van der Waals surface area (Å²) in [6.07, 6.45) is 5.44. The molecule has 0 atom stereocenters. The van der Waals surface area contributed by atoms with Crippen molar-refractivity contribution in [3.05, 3.63) is 29.8 Å². The molecule has 1 aliphatic carbocycles. The van der Waals surface area contributed by atoms with Gasteiger partial charge in [-0.2, -0.15) is 0 Å². The first-order valence-electron chi connectivity index (χ1n) is 6.27. The first-order chi connectivity index (χ1) is 7.74. The Balaban J connectivity index is 1.71. The van der Waals surface area contributed by atoms with Gasteiger partial charge in [-0.05, 0) is 49.9 Å². The van der Waals surface area contributed by atoms with Gasteiger partial charge in [-0.1, -0.05) is 18.6 Å². The molecule has 1 saturated carbocycles. The van der Waals surface area contributed by atoms with Gasteiger partial charge in [-0.25, -0.2) is 0 Å². The molecule has 16 heavy (non-hydrogen) atoms. The molecule has 0 radical (unpaired) electrons. The lowest BCUT2D eigenvalue weighted by atomic mass is 9.85. The van der Waals surface area contributed by atoms with E-state index in [9.17, 15) is 0 Å². The first-order valence-corrected chi connectivity index (χ1v) is 6.27. The second-order valence-electron chi connectivity index (χ2n) is 5.05. The van der Waals surface area contributed by atoms with Crippen LogP contribution in [0.3, 0.4) is 0 Å². The van der Waals surface area contributed by atoms with Crippen LogP contribution in [0.2, 0.25) is 0 Å². The molecule has 1 aromatic carbocycles. The van der Waals surface area contributed by atoms with E-state index in [1.54, 1.807) is 0 Å². The smallest absolute Gasteiger partial charge is 0.0314 e. The first kappa shape index (κ1) is 11.5. The quantitative estimate of drug-likeness (QED) is 0.770. The normalized spacial score (nSPS) is 16.4. The van der Waals surface area contributed by atoms with E-state index in [1.165, 1.54) is 31.4 Å². The summed E-state index contributed by atoms with van der Waals surface area (Å²) in [4.78, 5) is 2.46. The van der Waals surface area contributed by atoms with Gasteiger partial charge < -0.3 is 10.6 Å². The number of nitrogens with two attached hydrogens (primary N) is 1. The van der Waals surface area contributed by atoms with E-state index < -0.39 is 0 Å². The fourth-order valence-corrected chi connectivity index (χ4v) is 2.21.